The summed E-state index contributed by atoms with van der Waals surface area (Å²) in [5, 5.41) is 8.92. The van der Waals surface area contributed by atoms with Gasteiger partial charge >= 0.3 is 57.6 Å². The molecule has 0 radical (unpaired) electrons. The Labute approximate surface area is 141 Å². The Kier molecular flexibility index (Phi) is 9.45. The van der Waals surface area contributed by atoms with Crippen molar-refractivity contribution in [1.29, 1.82) is 0 Å². The summed E-state index contributed by atoms with van der Waals surface area (Å²) in [4.78, 5) is 10.5. The third kappa shape index (κ3) is 7.20. The van der Waals surface area contributed by atoms with Crippen LogP contribution in [0.15, 0.2) is 24.3 Å². The van der Waals surface area contributed by atoms with Crippen LogP contribution in [-0.2, 0) is 11.2 Å². The number of carbonyl (C=O) groups excluding carboxylic acids is 1. The van der Waals surface area contributed by atoms with Gasteiger partial charge in [-0.1, -0.05) is 12.1 Å². The Bertz CT molecular complexity index is 347. The van der Waals surface area contributed by atoms with Crippen molar-refractivity contribution in [2.45, 2.75) is 19.0 Å². The minimum absolute atomic E-state index is 0. The first-order valence-electron chi connectivity index (χ1n) is 4.27. The average molecular weight is 272 g/mol. The topological polar surface area (TPSA) is 37.3 Å². The number of phenols is 1. The zero-order valence-electron chi connectivity index (χ0n) is 9.71. The van der Waals surface area contributed by atoms with Gasteiger partial charge in [-0.05, 0) is 24.1 Å². The molecule has 0 aliphatic rings. The van der Waals surface area contributed by atoms with Gasteiger partial charge in [0.15, 0.2) is 0 Å². The van der Waals surface area contributed by atoms with Crippen molar-refractivity contribution in [3.8, 4) is 5.75 Å². The molecule has 0 saturated carbocycles. The smallest absolute Gasteiger partial charge is 0.508 e. The number of aryl methyl sites for hydroxylation is 1. The summed E-state index contributed by atoms with van der Waals surface area (Å²) in [6, 6.07) is 5.71. The molecular weight excluding hydrogens is 260 g/mol. The van der Waals surface area contributed by atoms with E-state index in [2.05, 4.69) is 0 Å². The van der Waals surface area contributed by atoms with E-state index in [1.165, 1.54) is 24.3 Å². The molecule has 0 aliphatic heterocycles. The number of rotatable bonds is 3. The standard InChI is InChI=1S/C10H9F3O2.CH3.K/c11-10(12,13)9(15)6-3-7-1-4-8(14)5-2-7;;/h1-2,4-5,14H,3,6H2;1H3;/q;-1;+1. The predicted octanol–water partition coefficient (Wildman–Crippen LogP) is -0.0895. The maximum atomic E-state index is 11.8. The number of phenolic OH excluding ortho intramolecular Hbond substituents is 1. The monoisotopic (exact) mass is 272 g/mol. The first kappa shape index (κ1) is 19.5. The molecule has 0 aromatic heterocycles. The summed E-state index contributed by atoms with van der Waals surface area (Å²) < 4.78 is 35.5. The van der Waals surface area contributed by atoms with E-state index in [1.807, 2.05) is 0 Å². The Morgan fingerprint density at radius 2 is 1.65 bits per heavy atom. The molecule has 1 aromatic rings. The van der Waals surface area contributed by atoms with Crippen LogP contribution in [-0.4, -0.2) is 17.1 Å². The zero-order chi connectivity index (χ0) is 11.5. The van der Waals surface area contributed by atoms with Gasteiger partial charge < -0.3 is 12.5 Å². The molecule has 0 amide bonds. The number of benzene rings is 1. The largest absolute Gasteiger partial charge is 1.00 e. The normalized spacial score (nSPS) is 10.1. The van der Waals surface area contributed by atoms with Gasteiger partial charge in [-0.2, -0.15) is 13.2 Å². The van der Waals surface area contributed by atoms with E-state index < -0.39 is 18.4 Å². The van der Waals surface area contributed by atoms with Crippen LogP contribution in [0.4, 0.5) is 13.2 Å². The van der Waals surface area contributed by atoms with Crippen molar-refractivity contribution in [3.05, 3.63) is 37.3 Å². The van der Waals surface area contributed by atoms with Crippen molar-refractivity contribution in [1.82, 2.24) is 0 Å². The predicted molar refractivity (Wildman–Crippen MR) is 53.9 cm³/mol. The third-order valence-corrected chi connectivity index (χ3v) is 1.89. The van der Waals surface area contributed by atoms with E-state index in [4.69, 9.17) is 5.11 Å². The Morgan fingerprint density at radius 3 is 2.06 bits per heavy atom. The van der Waals surface area contributed by atoms with Crippen LogP contribution >= 0.6 is 0 Å². The number of ketones is 1. The van der Waals surface area contributed by atoms with E-state index in [1.54, 1.807) is 0 Å². The Hall–Kier alpha value is 0.116. The van der Waals surface area contributed by atoms with Gasteiger partial charge in [0.1, 0.15) is 5.75 Å². The van der Waals surface area contributed by atoms with Crippen molar-refractivity contribution < 1.29 is 74.5 Å². The summed E-state index contributed by atoms with van der Waals surface area (Å²) in [5.41, 5.74) is 0.588. The van der Waals surface area contributed by atoms with Gasteiger partial charge in [-0.15, -0.1) is 0 Å². The number of alkyl halides is 3. The van der Waals surface area contributed by atoms with Gasteiger partial charge in [0.2, 0.25) is 5.78 Å². The number of hydrogen-bond acceptors (Lipinski definition) is 2. The quantitative estimate of drug-likeness (QED) is 0.617. The van der Waals surface area contributed by atoms with Crippen LogP contribution in [0.5, 0.6) is 5.75 Å². The second-order valence-electron chi connectivity index (χ2n) is 3.09. The van der Waals surface area contributed by atoms with Crippen LogP contribution in [0.3, 0.4) is 0 Å². The fourth-order valence-corrected chi connectivity index (χ4v) is 1.06. The first-order valence-corrected chi connectivity index (χ1v) is 4.27. The van der Waals surface area contributed by atoms with Crippen LogP contribution in [0.1, 0.15) is 12.0 Å². The van der Waals surface area contributed by atoms with E-state index in [9.17, 15) is 18.0 Å². The minimum atomic E-state index is -4.75. The fraction of sp³-hybridized carbons (Fsp3) is 0.273. The summed E-state index contributed by atoms with van der Waals surface area (Å²) in [6.45, 7) is 0. The van der Waals surface area contributed by atoms with Crippen LogP contribution in [0, 0.1) is 7.43 Å². The van der Waals surface area contributed by atoms with Gasteiger partial charge in [0.05, 0.1) is 0 Å². The van der Waals surface area contributed by atoms with E-state index in [0.29, 0.717) is 5.56 Å². The van der Waals surface area contributed by atoms with Gasteiger partial charge in [-0.3, -0.25) is 4.79 Å². The summed E-state index contributed by atoms with van der Waals surface area (Å²) in [5.74, 6) is -1.68. The average Bonchev–Trinajstić information content (AvgIpc) is 2.15. The van der Waals surface area contributed by atoms with Gasteiger partial charge in [0, 0.05) is 6.42 Å². The molecule has 0 spiro atoms. The molecule has 0 heterocycles. The maximum absolute atomic E-state index is 11.8. The molecule has 0 unspecified atom stereocenters. The van der Waals surface area contributed by atoms with Crippen LogP contribution in [0.2, 0.25) is 0 Å². The number of aromatic hydroxyl groups is 1. The zero-order valence-corrected chi connectivity index (χ0v) is 12.8. The molecule has 1 rings (SSSR count). The Morgan fingerprint density at radius 1 is 1.18 bits per heavy atom. The van der Waals surface area contributed by atoms with E-state index in [-0.39, 0.29) is 71.0 Å². The third-order valence-electron chi connectivity index (χ3n) is 1.89. The molecule has 6 heteroatoms. The second-order valence-corrected chi connectivity index (χ2v) is 3.09. The maximum Gasteiger partial charge on any atom is 1.00 e. The molecule has 0 atom stereocenters. The molecule has 2 nitrogen and oxygen atoms in total. The van der Waals surface area contributed by atoms with Crippen molar-refractivity contribution >= 4 is 5.78 Å². The molecular formula is C11H12F3KO2. The van der Waals surface area contributed by atoms with Crippen LogP contribution < -0.4 is 51.4 Å². The molecule has 1 aromatic carbocycles. The summed E-state index contributed by atoms with van der Waals surface area (Å²) in [6.07, 6.45) is -5.29. The fourth-order valence-electron chi connectivity index (χ4n) is 1.06. The van der Waals surface area contributed by atoms with Gasteiger partial charge in [-0.25, -0.2) is 0 Å². The number of carbonyl (C=O) groups is 1. The van der Waals surface area contributed by atoms with Crippen molar-refractivity contribution in [2.24, 2.45) is 0 Å². The summed E-state index contributed by atoms with van der Waals surface area (Å²) in [7, 11) is 0. The summed E-state index contributed by atoms with van der Waals surface area (Å²) >= 11 is 0. The minimum Gasteiger partial charge on any atom is -0.508 e. The molecule has 0 saturated heterocycles. The first-order chi connectivity index (χ1) is 6.89. The SMILES string of the molecule is O=C(CCc1ccc(O)cc1)C(F)(F)F.[CH3-].[K+]. The van der Waals surface area contributed by atoms with E-state index in [0.717, 1.165) is 0 Å². The second kappa shape index (κ2) is 8.26. The van der Waals surface area contributed by atoms with Crippen LogP contribution in [0.25, 0.3) is 0 Å². The molecule has 90 valence electrons. The molecule has 0 fully saturated rings. The molecule has 1 N–H and O–H groups in total. The number of halogens is 3. The Balaban J connectivity index is 0. The number of hydrogen-bond donors (Lipinski definition) is 1. The van der Waals surface area contributed by atoms with Gasteiger partial charge in [0.25, 0.3) is 0 Å². The number of Topliss-reactive ketones (excluding diaryl/α,β-unsaturated/α-hetero) is 1. The van der Waals surface area contributed by atoms with Crippen molar-refractivity contribution in [2.75, 3.05) is 0 Å². The molecule has 17 heavy (non-hydrogen) atoms. The molecule has 0 bridgehead atoms. The molecule has 0 aliphatic carbocycles. The van der Waals surface area contributed by atoms with E-state index >= 15 is 0 Å². The van der Waals surface area contributed by atoms with Crippen molar-refractivity contribution in [3.63, 3.8) is 0 Å².